The van der Waals surface area contributed by atoms with Gasteiger partial charge in [-0.25, -0.2) is 4.79 Å². The lowest BCUT2D eigenvalue weighted by atomic mass is 10.3. The molecule has 0 saturated carbocycles. The van der Waals surface area contributed by atoms with Crippen LogP contribution in [0.5, 0.6) is 0 Å². The van der Waals surface area contributed by atoms with E-state index < -0.39 is 11.9 Å². The summed E-state index contributed by atoms with van der Waals surface area (Å²) in [6, 6.07) is 0. The number of rotatable bonds is 2. The Morgan fingerprint density at radius 1 is 1.75 bits per heavy atom. The summed E-state index contributed by atoms with van der Waals surface area (Å²) < 4.78 is 9.49. The van der Waals surface area contributed by atoms with Gasteiger partial charge in [-0.1, -0.05) is 6.58 Å². The number of aliphatic hydroxyl groups is 1. The Morgan fingerprint density at radius 2 is 2.42 bits per heavy atom. The van der Waals surface area contributed by atoms with Crippen molar-refractivity contribution in [3.63, 3.8) is 0 Å². The lowest BCUT2D eigenvalue weighted by Crippen LogP contribution is -2.33. The lowest BCUT2D eigenvalue weighted by Gasteiger charge is -2.20. The summed E-state index contributed by atoms with van der Waals surface area (Å²) in [4.78, 5) is 10.9. The Balaban J connectivity index is 2.49. The van der Waals surface area contributed by atoms with Crippen LogP contribution >= 0.6 is 0 Å². The highest BCUT2D eigenvalue weighted by Gasteiger charge is 2.36. The van der Waals surface area contributed by atoms with Crippen molar-refractivity contribution in [2.75, 3.05) is 6.61 Å². The molecule has 4 heteroatoms. The van der Waals surface area contributed by atoms with Gasteiger partial charge >= 0.3 is 11.9 Å². The lowest BCUT2D eigenvalue weighted by molar-refractivity contribution is -0.318. The van der Waals surface area contributed by atoms with Crippen molar-refractivity contribution in [3.05, 3.63) is 12.2 Å². The Morgan fingerprint density at radius 3 is 2.83 bits per heavy atom. The van der Waals surface area contributed by atoms with E-state index in [4.69, 9.17) is 4.74 Å². The molecule has 0 aromatic carbocycles. The third kappa shape index (κ3) is 2.06. The number of hydrogen-bond donors (Lipinski definition) is 1. The second-order valence-corrected chi connectivity index (χ2v) is 2.83. The van der Waals surface area contributed by atoms with Gasteiger partial charge in [-0.05, 0) is 13.3 Å². The maximum atomic E-state index is 10.9. The number of hydrogen-bond acceptors (Lipinski definition) is 4. The zero-order chi connectivity index (χ0) is 9.19. The number of carbonyl (C=O) groups is 1. The van der Waals surface area contributed by atoms with E-state index in [-0.39, 0.29) is 5.57 Å². The molecule has 12 heavy (non-hydrogen) atoms. The van der Waals surface area contributed by atoms with Crippen molar-refractivity contribution in [1.82, 2.24) is 0 Å². The number of esters is 1. The van der Waals surface area contributed by atoms with Crippen LogP contribution in [0.2, 0.25) is 0 Å². The van der Waals surface area contributed by atoms with E-state index in [9.17, 15) is 9.90 Å². The molecule has 0 spiro atoms. The highest BCUT2D eigenvalue weighted by Crippen LogP contribution is 2.24. The molecule has 0 bridgehead atoms. The molecule has 1 fully saturated rings. The fourth-order valence-corrected chi connectivity index (χ4v) is 0.912. The molecular formula is C8H12O4. The Bertz CT molecular complexity index is 203. The maximum absolute atomic E-state index is 10.9. The summed E-state index contributed by atoms with van der Waals surface area (Å²) in [6.45, 7) is 5.32. The minimum Gasteiger partial charge on any atom is -0.405 e. The monoisotopic (exact) mass is 172 g/mol. The molecule has 0 aromatic heterocycles. The molecule has 0 aliphatic carbocycles. The van der Waals surface area contributed by atoms with Crippen LogP contribution in [0.3, 0.4) is 0 Å². The van der Waals surface area contributed by atoms with Crippen LogP contribution in [0.4, 0.5) is 0 Å². The molecule has 4 nitrogen and oxygen atoms in total. The first-order chi connectivity index (χ1) is 5.53. The molecule has 1 saturated heterocycles. The molecule has 1 aliphatic heterocycles. The van der Waals surface area contributed by atoms with E-state index >= 15 is 0 Å². The molecule has 1 aliphatic rings. The summed E-state index contributed by atoms with van der Waals surface area (Å²) >= 11 is 0. The van der Waals surface area contributed by atoms with Gasteiger partial charge in [0.25, 0.3) is 0 Å². The van der Waals surface area contributed by atoms with Gasteiger partial charge < -0.3 is 14.6 Å². The number of ether oxygens (including phenoxy) is 2. The molecule has 1 N–H and O–H groups in total. The van der Waals surface area contributed by atoms with E-state index in [1.165, 1.54) is 6.92 Å². The van der Waals surface area contributed by atoms with Gasteiger partial charge in [0, 0.05) is 12.0 Å². The van der Waals surface area contributed by atoms with Crippen LogP contribution in [0.25, 0.3) is 0 Å². The van der Waals surface area contributed by atoms with Crippen molar-refractivity contribution in [2.45, 2.75) is 25.7 Å². The molecule has 0 radical (unpaired) electrons. The largest absolute Gasteiger partial charge is 0.405 e. The van der Waals surface area contributed by atoms with Crippen molar-refractivity contribution < 1.29 is 19.4 Å². The van der Waals surface area contributed by atoms with Crippen LogP contribution in [0.1, 0.15) is 19.8 Å². The molecule has 1 rings (SSSR count). The van der Waals surface area contributed by atoms with Gasteiger partial charge in [-0.15, -0.1) is 0 Å². The first kappa shape index (κ1) is 9.22. The summed E-state index contributed by atoms with van der Waals surface area (Å²) in [5.41, 5.74) is 0.249. The van der Waals surface area contributed by atoms with Gasteiger partial charge in [0.2, 0.25) is 0 Å². The third-order valence-electron chi connectivity index (χ3n) is 1.57. The molecule has 0 amide bonds. The van der Waals surface area contributed by atoms with Crippen LogP contribution in [0, 0.1) is 0 Å². The van der Waals surface area contributed by atoms with Gasteiger partial charge in [0.1, 0.15) is 0 Å². The van der Waals surface area contributed by atoms with E-state index in [1.807, 2.05) is 0 Å². The van der Waals surface area contributed by atoms with Crippen LogP contribution in [0.15, 0.2) is 12.2 Å². The van der Waals surface area contributed by atoms with E-state index in [0.29, 0.717) is 19.4 Å². The first-order valence-electron chi connectivity index (χ1n) is 3.79. The fraction of sp³-hybridized carbons (Fsp3) is 0.625. The van der Waals surface area contributed by atoms with Crippen molar-refractivity contribution in [2.24, 2.45) is 0 Å². The van der Waals surface area contributed by atoms with E-state index in [2.05, 4.69) is 11.3 Å². The molecule has 1 heterocycles. The zero-order valence-electron chi connectivity index (χ0n) is 7.00. The minimum atomic E-state index is -1.71. The quantitative estimate of drug-likeness (QED) is 0.375. The molecule has 68 valence electrons. The van der Waals surface area contributed by atoms with E-state index in [0.717, 1.165) is 0 Å². The topological polar surface area (TPSA) is 55.8 Å². The van der Waals surface area contributed by atoms with Crippen molar-refractivity contribution in [3.8, 4) is 0 Å². The standard InChI is InChI=1S/C8H12O4/c1-6(2)7(9)12-8(10)4-3-5-11-8/h10H,1,3-5H2,2H3. The predicted molar refractivity (Wildman–Crippen MR) is 41.0 cm³/mol. The van der Waals surface area contributed by atoms with Gasteiger partial charge in [-0.3, -0.25) is 0 Å². The Hall–Kier alpha value is -0.870. The second-order valence-electron chi connectivity index (χ2n) is 2.83. The normalized spacial score (nSPS) is 28.5. The minimum absolute atomic E-state index is 0.249. The van der Waals surface area contributed by atoms with Gasteiger partial charge in [0.15, 0.2) is 0 Å². The smallest absolute Gasteiger partial charge is 0.337 e. The molecule has 1 unspecified atom stereocenters. The van der Waals surface area contributed by atoms with E-state index in [1.54, 1.807) is 0 Å². The second kappa shape index (κ2) is 3.25. The summed E-state index contributed by atoms with van der Waals surface area (Å²) in [5.74, 6) is -2.34. The summed E-state index contributed by atoms with van der Waals surface area (Å²) in [5, 5.41) is 9.40. The average molecular weight is 172 g/mol. The van der Waals surface area contributed by atoms with Gasteiger partial charge in [0.05, 0.1) is 6.61 Å². The number of carbonyl (C=O) groups excluding carboxylic acids is 1. The predicted octanol–water partition coefficient (Wildman–Crippen LogP) is 0.562. The Labute approximate surface area is 70.8 Å². The maximum Gasteiger partial charge on any atom is 0.337 e. The SMILES string of the molecule is C=C(C)C(=O)OC1(O)CCCO1. The van der Waals surface area contributed by atoms with Gasteiger partial charge in [-0.2, -0.15) is 0 Å². The molecular weight excluding hydrogens is 160 g/mol. The van der Waals surface area contributed by atoms with Crippen LogP contribution in [-0.2, 0) is 14.3 Å². The Kier molecular flexibility index (Phi) is 2.49. The third-order valence-corrected chi connectivity index (χ3v) is 1.57. The fourth-order valence-electron chi connectivity index (χ4n) is 0.912. The summed E-state index contributed by atoms with van der Waals surface area (Å²) in [6.07, 6.45) is 1.02. The highest BCUT2D eigenvalue weighted by molar-refractivity contribution is 5.87. The van der Waals surface area contributed by atoms with Crippen LogP contribution < -0.4 is 0 Å². The van der Waals surface area contributed by atoms with Crippen molar-refractivity contribution >= 4 is 5.97 Å². The molecule has 1 atom stereocenters. The zero-order valence-corrected chi connectivity index (χ0v) is 7.00. The average Bonchev–Trinajstić information content (AvgIpc) is 2.35. The first-order valence-corrected chi connectivity index (χ1v) is 3.79. The highest BCUT2D eigenvalue weighted by atomic mass is 16.8. The summed E-state index contributed by atoms with van der Waals surface area (Å²) in [7, 11) is 0. The molecule has 0 aromatic rings. The van der Waals surface area contributed by atoms with Crippen LogP contribution in [-0.4, -0.2) is 23.7 Å². The van der Waals surface area contributed by atoms with Crippen molar-refractivity contribution in [1.29, 1.82) is 0 Å².